The van der Waals surface area contributed by atoms with E-state index in [2.05, 4.69) is 91.7 Å². The molecule has 18 heteroatoms. The average molecular weight is 926 g/mol. The first kappa shape index (κ1) is 48.4. The number of hydrogen-bond acceptors (Lipinski definition) is 10. The van der Waals surface area contributed by atoms with Crippen molar-refractivity contribution in [1.29, 1.82) is 0 Å². The highest BCUT2D eigenvalue weighted by atomic mass is 28.5. The Morgan fingerprint density at radius 1 is 0.446 bits per heavy atom. The molecule has 0 aromatic heterocycles. The molecule has 6 fully saturated rings. The van der Waals surface area contributed by atoms with Gasteiger partial charge in [-0.2, -0.15) is 0 Å². The Hall–Kier alpha value is 1.34. The topological polar surface area (TPSA) is 106 Å². The van der Waals surface area contributed by atoms with Gasteiger partial charge in [-0.05, 0) is 179 Å². The summed E-state index contributed by atoms with van der Waals surface area (Å²) in [5, 5.41) is 0. The largest absolute Gasteiger partial charge is 0.439 e. The van der Waals surface area contributed by atoms with Gasteiger partial charge in [0.05, 0.1) is 49.8 Å². The second kappa shape index (κ2) is 19.8. The first-order valence-corrected chi connectivity index (χ1v) is 44.8. The molecule has 0 spiro atoms. The van der Waals surface area contributed by atoms with Gasteiger partial charge in [0.2, 0.25) is 0 Å². The molecule has 4 saturated heterocycles. The van der Waals surface area contributed by atoms with Crippen LogP contribution in [0.3, 0.4) is 0 Å². The molecule has 2 aliphatic carbocycles. The third kappa shape index (κ3) is 18.8. The van der Waals surface area contributed by atoms with Gasteiger partial charge in [-0.1, -0.05) is 12.8 Å². The maximum Gasteiger partial charge on any atom is 0.312 e. The number of hydrogen-bond donors (Lipinski definition) is 0. The van der Waals surface area contributed by atoms with Gasteiger partial charge in [0.15, 0.2) is 33.3 Å². The van der Waals surface area contributed by atoms with Crippen LogP contribution >= 0.6 is 0 Å². The predicted octanol–water partition coefficient (Wildman–Crippen LogP) is 9.49. The van der Waals surface area contributed by atoms with Crippen molar-refractivity contribution in [3.8, 4) is 0 Å². The standard InChI is InChI=1S/C23H48O5Si4.C15H36O5Si4/c1-29(26-30(2,3)14-12-18-8-10-20-22(16-18)24-20)27-32(6,7)28-31(4,5)15-13-19-9-11-21-23(17-19)25-21;1-21(18-22(2,3)10-8-14-12-16-14)19-24(6,7)20-23(4,5)11-9-15-13-17-15/h18-23,29H,8-17H2,1-7H3;14-15,21H,8-13H2,1-7H3. The van der Waals surface area contributed by atoms with Crippen LogP contribution in [-0.4, -0.2) is 119 Å². The van der Waals surface area contributed by atoms with Crippen molar-refractivity contribution < 1.29 is 43.6 Å². The van der Waals surface area contributed by atoms with Gasteiger partial charge in [-0.15, -0.1) is 0 Å². The van der Waals surface area contributed by atoms with E-state index in [9.17, 15) is 0 Å². The van der Waals surface area contributed by atoms with E-state index >= 15 is 0 Å². The quantitative estimate of drug-likeness (QED) is 0.0687. The van der Waals surface area contributed by atoms with E-state index in [1.54, 1.807) is 0 Å². The van der Waals surface area contributed by atoms with Gasteiger partial charge in [-0.25, -0.2) is 0 Å². The summed E-state index contributed by atoms with van der Waals surface area (Å²) >= 11 is 0. The second-order valence-electron chi connectivity index (χ2n) is 21.5. The number of ether oxygens (including phenoxy) is 4. The molecule has 10 atom stereocenters. The lowest BCUT2D eigenvalue weighted by Crippen LogP contribution is -2.51. The van der Waals surface area contributed by atoms with Crippen LogP contribution in [0.25, 0.3) is 0 Å². The smallest absolute Gasteiger partial charge is 0.312 e. The van der Waals surface area contributed by atoms with Crippen LogP contribution in [0.15, 0.2) is 0 Å². The molecular weight excluding hydrogens is 841 g/mol. The molecule has 56 heavy (non-hydrogen) atoms. The maximum absolute atomic E-state index is 6.79. The Balaban J connectivity index is 0.000000224. The van der Waals surface area contributed by atoms with E-state index in [-0.39, 0.29) is 0 Å². The molecule has 0 bridgehead atoms. The van der Waals surface area contributed by atoms with Crippen molar-refractivity contribution in [3.63, 3.8) is 0 Å². The van der Waals surface area contributed by atoms with E-state index in [4.69, 9.17) is 43.6 Å². The molecule has 2 saturated carbocycles. The third-order valence-corrected chi connectivity index (χ3v) is 41.7. The first-order valence-electron chi connectivity index (χ1n) is 22.5. The summed E-state index contributed by atoms with van der Waals surface area (Å²) in [6, 6.07) is 4.78. The normalized spacial score (nSPS) is 31.4. The molecule has 0 amide bonds. The van der Waals surface area contributed by atoms with Crippen LogP contribution in [0.2, 0.25) is 116 Å². The third-order valence-electron chi connectivity index (χ3n) is 12.4. The Morgan fingerprint density at radius 2 is 0.786 bits per heavy atom. The minimum Gasteiger partial charge on any atom is -0.439 e. The number of epoxide rings is 4. The monoisotopic (exact) mass is 924 g/mol. The lowest BCUT2D eigenvalue weighted by atomic mass is 9.88. The molecule has 328 valence electrons. The fourth-order valence-electron chi connectivity index (χ4n) is 9.43. The predicted molar refractivity (Wildman–Crippen MR) is 247 cm³/mol. The molecule has 6 aliphatic rings. The lowest BCUT2D eigenvalue weighted by molar-refractivity contribution is 0.334. The molecule has 6 rings (SSSR count). The number of rotatable bonds is 24. The fourth-order valence-corrected chi connectivity index (χ4v) is 42.2. The van der Waals surface area contributed by atoms with Crippen LogP contribution < -0.4 is 0 Å². The van der Waals surface area contributed by atoms with Crippen molar-refractivity contribution in [3.05, 3.63) is 0 Å². The van der Waals surface area contributed by atoms with E-state index in [1.807, 2.05) is 0 Å². The molecular formula is C38H84O10Si8. The van der Waals surface area contributed by atoms with Gasteiger partial charge in [0.25, 0.3) is 18.6 Å². The Kier molecular flexibility index (Phi) is 17.1. The molecule has 4 heterocycles. The summed E-state index contributed by atoms with van der Waals surface area (Å²) in [6.07, 6.45) is 16.0. The van der Waals surface area contributed by atoms with Gasteiger partial charge in [0, 0.05) is 0 Å². The van der Waals surface area contributed by atoms with Crippen LogP contribution in [0.5, 0.6) is 0 Å². The summed E-state index contributed by atoms with van der Waals surface area (Å²) in [7, 11) is -14.4. The molecule has 10 nitrogen and oxygen atoms in total. The molecule has 0 N–H and O–H groups in total. The summed E-state index contributed by atoms with van der Waals surface area (Å²) in [4.78, 5) is 0. The van der Waals surface area contributed by atoms with Crippen molar-refractivity contribution in [2.24, 2.45) is 11.8 Å². The molecule has 0 radical (unpaired) electrons. The van der Waals surface area contributed by atoms with E-state index < -0.39 is 69.0 Å². The Labute approximate surface area is 352 Å². The molecule has 4 aliphatic heterocycles. The van der Waals surface area contributed by atoms with Crippen LogP contribution in [-0.2, 0) is 43.6 Å². The zero-order chi connectivity index (χ0) is 41.2. The fraction of sp³-hybridized carbons (Fsp3) is 1.00. The molecule has 0 aromatic rings. The molecule has 0 aromatic carbocycles. The Morgan fingerprint density at radius 3 is 1.14 bits per heavy atom. The Bertz CT molecular complexity index is 1240. The minimum atomic E-state index is -2.17. The van der Waals surface area contributed by atoms with Crippen molar-refractivity contribution in [2.75, 3.05) is 13.2 Å². The van der Waals surface area contributed by atoms with Gasteiger partial charge >= 0.3 is 17.1 Å². The van der Waals surface area contributed by atoms with Crippen molar-refractivity contribution in [2.45, 2.75) is 217 Å². The summed E-state index contributed by atoms with van der Waals surface area (Å²) in [5.41, 5.74) is 0. The lowest BCUT2D eigenvalue weighted by Gasteiger charge is -2.37. The zero-order valence-corrected chi connectivity index (χ0v) is 46.5. The first-order chi connectivity index (χ1) is 25.9. The summed E-state index contributed by atoms with van der Waals surface area (Å²) < 4.78 is 61.5. The highest BCUT2D eigenvalue weighted by Gasteiger charge is 2.46. The van der Waals surface area contributed by atoms with Crippen LogP contribution in [0.1, 0.15) is 64.2 Å². The highest BCUT2D eigenvalue weighted by molar-refractivity contribution is 6.86. The SMILES string of the molecule is C[SiH](O[Si](C)(C)CCC1CCC2OC2C1)O[Si](C)(C)O[Si](C)(C)CCC1CCC2OC2C1.C[SiH](O[Si](C)(C)CCC1CO1)O[Si](C)(C)O[Si](C)(C)CCC1CO1. The van der Waals surface area contributed by atoms with Crippen LogP contribution in [0, 0.1) is 11.8 Å². The maximum atomic E-state index is 6.79. The summed E-state index contributed by atoms with van der Waals surface area (Å²) in [5.74, 6) is 1.68. The zero-order valence-electron chi connectivity index (χ0n) is 38.2. The second-order valence-corrected chi connectivity index (χ2v) is 50.9. The average Bonchev–Trinajstić information content (AvgIpc) is 3.84. The van der Waals surface area contributed by atoms with E-state index in [1.165, 1.54) is 63.5 Å². The van der Waals surface area contributed by atoms with Crippen LogP contribution in [0.4, 0.5) is 0 Å². The van der Waals surface area contributed by atoms with Gasteiger partial charge < -0.3 is 43.6 Å². The van der Waals surface area contributed by atoms with Gasteiger partial charge in [0.1, 0.15) is 0 Å². The van der Waals surface area contributed by atoms with Gasteiger partial charge in [-0.3, -0.25) is 0 Å². The van der Waals surface area contributed by atoms with Crippen molar-refractivity contribution in [1.82, 2.24) is 0 Å². The minimum absolute atomic E-state index is 0.491. The molecule has 10 unspecified atom stereocenters. The highest BCUT2D eigenvalue weighted by Crippen LogP contribution is 2.43. The number of fused-ring (bicyclic) bond motifs is 2. The van der Waals surface area contributed by atoms with E-state index in [0.717, 1.165) is 50.0 Å². The van der Waals surface area contributed by atoms with Crippen molar-refractivity contribution >= 4 is 69.0 Å². The summed E-state index contributed by atoms with van der Waals surface area (Å²) in [6.45, 7) is 33.8. The van der Waals surface area contributed by atoms with E-state index in [0.29, 0.717) is 36.6 Å².